The van der Waals surface area contributed by atoms with Crippen molar-refractivity contribution in [2.45, 2.75) is 6.92 Å². The smallest absolute Gasteiger partial charge is 0.101 e. The molecule has 2 rings (SSSR count). The summed E-state index contributed by atoms with van der Waals surface area (Å²) in [6.07, 6.45) is 3.31. The number of nitriles is 1. The molecule has 0 aliphatic heterocycles. The van der Waals surface area contributed by atoms with Crippen LogP contribution < -0.4 is 0 Å². The quantitative estimate of drug-likeness (QED) is 0.699. The van der Waals surface area contributed by atoms with E-state index in [2.05, 4.69) is 11.1 Å². The average Bonchev–Trinajstić information content (AvgIpc) is 2.30. The molecule has 1 heterocycles. The van der Waals surface area contributed by atoms with E-state index in [-0.39, 0.29) is 0 Å². The fourth-order valence-corrected chi connectivity index (χ4v) is 1.59. The summed E-state index contributed by atoms with van der Waals surface area (Å²) in [4.78, 5) is 3.95. The first-order chi connectivity index (χ1) is 7.33. The number of hydrogen-bond donors (Lipinski definition) is 0. The summed E-state index contributed by atoms with van der Waals surface area (Å²) < 4.78 is 0. The van der Waals surface area contributed by atoms with Crippen molar-refractivity contribution in [2.24, 2.45) is 0 Å². The number of rotatable bonds is 1. The Morgan fingerprint density at radius 2 is 1.93 bits per heavy atom. The van der Waals surface area contributed by atoms with Gasteiger partial charge in [-0.2, -0.15) is 5.26 Å². The van der Waals surface area contributed by atoms with Crippen molar-refractivity contribution in [1.29, 1.82) is 5.26 Å². The van der Waals surface area contributed by atoms with Gasteiger partial charge in [0.25, 0.3) is 0 Å². The van der Waals surface area contributed by atoms with Gasteiger partial charge in [0.05, 0.1) is 5.56 Å². The van der Waals surface area contributed by atoms with Crippen molar-refractivity contribution in [1.82, 2.24) is 4.98 Å². The van der Waals surface area contributed by atoms with E-state index in [4.69, 9.17) is 5.26 Å². The Morgan fingerprint density at radius 3 is 2.67 bits per heavy atom. The molecule has 1 aromatic heterocycles. The highest BCUT2D eigenvalue weighted by Crippen LogP contribution is 2.25. The maximum atomic E-state index is 8.98. The highest BCUT2D eigenvalue weighted by atomic mass is 14.6. The van der Waals surface area contributed by atoms with Crippen LogP contribution in [0, 0.1) is 18.3 Å². The Bertz CT molecular complexity index is 524. The molecule has 0 atom stereocenters. The Hall–Kier alpha value is -2.14. The molecule has 0 aliphatic rings. The molecule has 2 aromatic rings. The van der Waals surface area contributed by atoms with Crippen LogP contribution in [0.1, 0.15) is 11.1 Å². The Kier molecular flexibility index (Phi) is 2.47. The second-order valence-corrected chi connectivity index (χ2v) is 3.35. The van der Waals surface area contributed by atoms with Crippen molar-refractivity contribution in [3.05, 3.63) is 53.9 Å². The number of pyridine rings is 1. The van der Waals surface area contributed by atoms with Gasteiger partial charge in [0.2, 0.25) is 0 Å². The van der Waals surface area contributed by atoms with E-state index in [0.717, 1.165) is 11.1 Å². The Morgan fingerprint density at radius 1 is 1.13 bits per heavy atom. The molecule has 0 saturated heterocycles. The van der Waals surface area contributed by atoms with Crippen LogP contribution in [-0.2, 0) is 0 Å². The lowest BCUT2D eigenvalue weighted by atomic mass is 9.98. The molecule has 0 radical (unpaired) electrons. The van der Waals surface area contributed by atoms with Crippen LogP contribution in [0.4, 0.5) is 0 Å². The molecule has 0 spiro atoms. The summed E-state index contributed by atoms with van der Waals surface area (Å²) in [5.41, 5.74) is 3.83. The topological polar surface area (TPSA) is 36.7 Å². The molecule has 2 nitrogen and oxygen atoms in total. The van der Waals surface area contributed by atoms with Crippen LogP contribution in [-0.4, -0.2) is 4.98 Å². The number of aromatic nitrogens is 1. The normalized spacial score (nSPS) is 9.60. The van der Waals surface area contributed by atoms with E-state index in [0.29, 0.717) is 5.56 Å². The molecule has 0 unspecified atom stereocenters. The minimum Gasteiger partial charge on any atom is -0.263 e. The SMILES string of the molecule is Cc1ccccc1-c1ccncc1C#N. The molecule has 0 saturated carbocycles. The van der Waals surface area contributed by atoms with Gasteiger partial charge in [-0.15, -0.1) is 0 Å². The van der Waals surface area contributed by atoms with E-state index < -0.39 is 0 Å². The van der Waals surface area contributed by atoms with E-state index in [1.54, 1.807) is 12.4 Å². The maximum absolute atomic E-state index is 8.98. The first-order valence-electron chi connectivity index (χ1n) is 4.73. The van der Waals surface area contributed by atoms with E-state index in [9.17, 15) is 0 Å². The second kappa shape index (κ2) is 3.93. The van der Waals surface area contributed by atoms with E-state index in [1.165, 1.54) is 5.56 Å². The van der Waals surface area contributed by atoms with Crippen LogP contribution >= 0.6 is 0 Å². The molecule has 0 amide bonds. The predicted octanol–water partition coefficient (Wildman–Crippen LogP) is 2.93. The monoisotopic (exact) mass is 194 g/mol. The Labute approximate surface area is 88.8 Å². The number of nitrogens with zero attached hydrogens (tertiary/aromatic N) is 2. The fraction of sp³-hybridized carbons (Fsp3) is 0.0769. The third-order valence-corrected chi connectivity index (χ3v) is 2.38. The van der Waals surface area contributed by atoms with Crippen molar-refractivity contribution >= 4 is 0 Å². The van der Waals surface area contributed by atoms with Crippen LogP contribution in [0.5, 0.6) is 0 Å². The molecular formula is C13H10N2. The average molecular weight is 194 g/mol. The lowest BCUT2D eigenvalue weighted by molar-refractivity contribution is 1.30. The summed E-state index contributed by atoms with van der Waals surface area (Å²) in [5.74, 6) is 0. The summed E-state index contributed by atoms with van der Waals surface area (Å²) >= 11 is 0. The highest BCUT2D eigenvalue weighted by molar-refractivity contribution is 5.72. The fourth-order valence-electron chi connectivity index (χ4n) is 1.59. The lowest BCUT2D eigenvalue weighted by Crippen LogP contribution is -1.88. The zero-order chi connectivity index (χ0) is 10.7. The van der Waals surface area contributed by atoms with Crippen LogP contribution in [0.3, 0.4) is 0 Å². The highest BCUT2D eigenvalue weighted by Gasteiger charge is 2.05. The largest absolute Gasteiger partial charge is 0.263 e. The van der Waals surface area contributed by atoms with E-state index in [1.807, 2.05) is 37.3 Å². The minimum atomic E-state index is 0.617. The first-order valence-corrected chi connectivity index (χ1v) is 4.73. The zero-order valence-corrected chi connectivity index (χ0v) is 8.44. The van der Waals surface area contributed by atoms with Gasteiger partial charge in [0.15, 0.2) is 0 Å². The first kappa shape index (κ1) is 9.42. The predicted molar refractivity (Wildman–Crippen MR) is 59.1 cm³/mol. The molecule has 0 bridgehead atoms. The van der Waals surface area contributed by atoms with Gasteiger partial charge < -0.3 is 0 Å². The molecule has 0 aliphatic carbocycles. The molecule has 0 fully saturated rings. The standard InChI is InChI=1S/C13H10N2/c1-10-4-2-3-5-12(10)13-6-7-15-9-11(13)8-14/h2-7,9H,1H3. The molecule has 0 N–H and O–H groups in total. The van der Waals surface area contributed by atoms with Crippen molar-refractivity contribution in [3.8, 4) is 17.2 Å². The van der Waals surface area contributed by atoms with Gasteiger partial charge in [-0.1, -0.05) is 24.3 Å². The van der Waals surface area contributed by atoms with Gasteiger partial charge in [0.1, 0.15) is 6.07 Å². The van der Waals surface area contributed by atoms with Crippen molar-refractivity contribution < 1.29 is 0 Å². The van der Waals surface area contributed by atoms with Gasteiger partial charge >= 0.3 is 0 Å². The zero-order valence-electron chi connectivity index (χ0n) is 8.44. The van der Waals surface area contributed by atoms with Crippen LogP contribution in [0.2, 0.25) is 0 Å². The third kappa shape index (κ3) is 1.72. The van der Waals surface area contributed by atoms with Gasteiger partial charge in [-0.25, -0.2) is 0 Å². The number of hydrogen-bond acceptors (Lipinski definition) is 2. The second-order valence-electron chi connectivity index (χ2n) is 3.35. The molecular weight excluding hydrogens is 184 g/mol. The number of aryl methyl sites for hydroxylation is 1. The summed E-state index contributed by atoms with van der Waals surface area (Å²) in [7, 11) is 0. The van der Waals surface area contributed by atoms with Crippen LogP contribution in [0.15, 0.2) is 42.7 Å². The van der Waals surface area contributed by atoms with Crippen LogP contribution in [0.25, 0.3) is 11.1 Å². The van der Waals surface area contributed by atoms with Crippen molar-refractivity contribution in [3.63, 3.8) is 0 Å². The number of benzene rings is 1. The van der Waals surface area contributed by atoms with E-state index >= 15 is 0 Å². The van der Waals surface area contributed by atoms with Gasteiger partial charge in [0, 0.05) is 18.0 Å². The van der Waals surface area contributed by atoms with Crippen molar-refractivity contribution in [2.75, 3.05) is 0 Å². The Balaban J connectivity index is 2.65. The molecule has 2 heteroatoms. The minimum absolute atomic E-state index is 0.617. The summed E-state index contributed by atoms with van der Waals surface area (Å²) in [6, 6.07) is 12.1. The van der Waals surface area contributed by atoms with Gasteiger partial charge in [-0.3, -0.25) is 4.98 Å². The maximum Gasteiger partial charge on any atom is 0.101 e. The molecule has 15 heavy (non-hydrogen) atoms. The third-order valence-electron chi connectivity index (χ3n) is 2.38. The lowest BCUT2D eigenvalue weighted by Gasteiger charge is -2.06. The molecule has 72 valence electrons. The summed E-state index contributed by atoms with van der Waals surface area (Å²) in [6.45, 7) is 2.04. The molecule has 1 aromatic carbocycles. The summed E-state index contributed by atoms with van der Waals surface area (Å²) in [5, 5.41) is 8.98. The van der Waals surface area contributed by atoms with Gasteiger partial charge in [-0.05, 0) is 24.1 Å².